The number of hydrogen-bond acceptors (Lipinski definition) is 2. The molecule has 0 aliphatic heterocycles. The van der Waals surface area contributed by atoms with Gasteiger partial charge in [-0.25, -0.2) is 9.18 Å². The summed E-state index contributed by atoms with van der Waals surface area (Å²) in [6.45, 7) is 7.34. The minimum Gasteiger partial charge on any atom is -0.443 e. The lowest BCUT2D eigenvalue weighted by Crippen LogP contribution is -2.26. The van der Waals surface area contributed by atoms with Crippen LogP contribution in [0.2, 0.25) is 0 Å². The van der Waals surface area contributed by atoms with Crippen molar-refractivity contribution in [2.24, 2.45) is 0 Å². The lowest BCUT2D eigenvalue weighted by atomic mass is 10.1. The average molecular weight is 263 g/mol. The first-order valence-electron chi connectivity index (χ1n) is 6.35. The van der Waals surface area contributed by atoms with Crippen LogP contribution in [0.25, 0.3) is 10.9 Å². The van der Waals surface area contributed by atoms with E-state index in [1.165, 1.54) is 10.6 Å². The predicted octanol–water partition coefficient (Wildman–Crippen LogP) is 4.13. The molecule has 4 heteroatoms. The summed E-state index contributed by atoms with van der Waals surface area (Å²) in [5.74, 6) is -0.309. The Balaban J connectivity index is 2.56. The smallest absolute Gasteiger partial charge is 0.419 e. The first-order valence-corrected chi connectivity index (χ1v) is 6.35. The number of carbonyl (C=O) groups is 1. The molecule has 0 fully saturated rings. The number of halogens is 1. The zero-order valence-electron chi connectivity index (χ0n) is 11.7. The quantitative estimate of drug-likeness (QED) is 0.774. The van der Waals surface area contributed by atoms with E-state index in [1.54, 1.807) is 39.1 Å². The second-order valence-corrected chi connectivity index (χ2v) is 5.49. The Hall–Kier alpha value is -1.84. The van der Waals surface area contributed by atoms with E-state index in [2.05, 4.69) is 0 Å². The van der Waals surface area contributed by atoms with E-state index in [4.69, 9.17) is 4.74 Å². The molecule has 0 atom stereocenters. The Kier molecular flexibility index (Phi) is 3.35. The number of rotatable bonds is 1. The molecule has 1 aromatic heterocycles. The number of fused-ring (bicyclic) bond motifs is 1. The summed E-state index contributed by atoms with van der Waals surface area (Å²) in [5.41, 5.74) is 0.776. The molecule has 0 saturated carbocycles. The highest BCUT2D eigenvalue weighted by atomic mass is 19.1. The number of hydrogen-bond donors (Lipinski definition) is 0. The predicted molar refractivity (Wildman–Crippen MR) is 72.9 cm³/mol. The van der Waals surface area contributed by atoms with E-state index in [0.717, 1.165) is 5.56 Å². The molecule has 2 aromatic rings. The maximum absolute atomic E-state index is 13.9. The van der Waals surface area contributed by atoms with Gasteiger partial charge in [0.1, 0.15) is 11.4 Å². The molecule has 0 unspecified atom stereocenters. The molecular formula is C15H18FNO2. The van der Waals surface area contributed by atoms with Gasteiger partial charge in [-0.15, -0.1) is 0 Å². The normalized spacial score (nSPS) is 11.8. The topological polar surface area (TPSA) is 31.2 Å². The standard InChI is InChI=1S/C15H18FNO2/c1-5-10-9-17(14(18)19-15(2,3)4)12-8-6-7-11(16)13(10)12/h6-9H,5H2,1-4H3. The Morgan fingerprint density at radius 2 is 2.05 bits per heavy atom. The average Bonchev–Trinajstić information content (AvgIpc) is 2.67. The van der Waals surface area contributed by atoms with Crippen molar-refractivity contribution < 1.29 is 13.9 Å². The molecule has 0 spiro atoms. The number of carbonyl (C=O) groups excluding carboxylic acids is 1. The summed E-state index contributed by atoms with van der Waals surface area (Å²) in [6.07, 6.45) is 1.83. The van der Waals surface area contributed by atoms with Crippen molar-refractivity contribution in [1.82, 2.24) is 4.57 Å². The maximum atomic E-state index is 13.9. The number of aromatic nitrogens is 1. The highest BCUT2D eigenvalue weighted by Crippen LogP contribution is 2.25. The summed E-state index contributed by atoms with van der Waals surface area (Å²) >= 11 is 0. The number of ether oxygens (including phenoxy) is 1. The third kappa shape index (κ3) is 2.62. The number of aryl methyl sites for hydroxylation is 1. The van der Waals surface area contributed by atoms with Gasteiger partial charge < -0.3 is 4.74 Å². The van der Waals surface area contributed by atoms with Gasteiger partial charge in [0, 0.05) is 11.6 Å². The van der Waals surface area contributed by atoms with Crippen LogP contribution in [-0.4, -0.2) is 16.3 Å². The summed E-state index contributed by atoms with van der Waals surface area (Å²) in [6, 6.07) is 4.72. The van der Waals surface area contributed by atoms with Crippen molar-refractivity contribution >= 4 is 17.0 Å². The molecule has 0 aliphatic rings. The van der Waals surface area contributed by atoms with Crippen LogP contribution in [0.4, 0.5) is 9.18 Å². The van der Waals surface area contributed by atoms with Crippen LogP contribution in [0, 0.1) is 5.82 Å². The van der Waals surface area contributed by atoms with Gasteiger partial charge in [0.05, 0.1) is 5.52 Å². The van der Waals surface area contributed by atoms with Crippen molar-refractivity contribution in [3.05, 3.63) is 35.8 Å². The molecule has 3 nitrogen and oxygen atoms in total. The first-order chi connectivity index (χ1) is 8.83. The van der Waals surface area contributed by atoms with Crippen molar-refractivity contribution in [2.75, 3.05) is 0 Å². The molecule has 0 bridgehead atoms. The minimum atomic E-state index is -0.576. The second-order valence-electron chi connectivity index (χ2n) is 5.49. The van der Waals surface area contributed by atoms with E-state index < -0.39 is 11.7 Å². The van der Waals surface area contributed by atoms with Crippen LogP contribution in [0.5, 0.6) is 0 Å². The fraction of sp³-hybridized carbons (Fsp3) is 0.400. The fourth-order valence-electron chi connectivity index (χ4n) is 2.05. The van der Waals surface area contributed by atoms with Crippen LogP contribution in [0.15, 0.2) is 24.4 Å². The van der Waals surface area contributed by atoms with Gasteiger partial charge in [-0.3, -0.25) is 4.57 Å². The number of benzene rings is 1. The number of nitrogens with zero attached hydrogens (tertiary/aromatic N) is 1. The Labute approximate surface area is 112 Å². The Morgan fingerprint density at radius 1 is 1.37 bits per heavy atom. The fourth-order valence-corrected chi connectivity index (χ4v) is 2.05. The molecule has 0 saturated heterocycles. The maximum Gasteiger partial charge on any atom is 0.419 e. The highest BCUT2D eigenvalue weighted by molar-refractivity contribution is 5.92. The van der Waals surface area contributed by atoms with Crippen molar-refractivity contribution in [2.45, 2.75) is 39.7 Å². The summed E-state index contributed by atoms with van der Waals surface area (Å²) in [7, 11) is 0. The molecule has 0 aliphatic carbocycles. The first kappa shape index (κ1) is 13.6. The van der Waals surface area contributed by atoms with Gasteiger partial charge in [-0.05, 0) is 44.9 Å². The van der Waals surface area contributed by atoms with E-state index in [1.807, 2.05) is 6.92 Å². The lowest BCUT2D eigenvalue weighted by Gasteiger charge is -2.19. The zero-order chi connectivity index (χ0) is 14.2. The molecular weight excluding hydrogens is 245 g/mol. The van der Waals surface area contributed by atoms with Gasteiger partial charge in [-0.2, -0.15) is 0 Å². The zero-order valence-corrected chi connectivity index (χ0v) is 11.7. The molecule has 0 N–H and O–H groups in total. The lowest BCUT2D eigenvalue weighted by molar-refractivity contribution is 0.0544. The van der Waals surface area contributed by atoms with E-state index in [0.29, 0.717) is 17.3 Å². The molecule has 2 rings (SSSR count). The van der Waals surface area contributed by atoms with Crippen molar-refractivity contribution in [3.63, 3.8) is 0 Å². The van der Waals surface area contributed by atoms with Crippen molar-refractivity contribution in [1.29, 1.82) is 0 Å². The van der Waals surface area contributed by atoms with Gasteiger partial charge >= 0.3 is 6.09 Å². The molecule has 0 amide bonds. The third-order valence-corrected chi connectivity index (χ3v) is 2.83. The third-order valence-electron chi connectivity index (χ3n) is 2.83. The second kappa shape index (κ2) is 4.68. The van der Waals surface area contributed by atoms with E-state index >= 15 is 0 Å². The Bertz CT molecular complexity index is 623. The highest BCUT2D eigenvalue weighted by Gasteiger charge is 2.21. The molecule has 1 heterocycles. The SMILES string of the molecule is CCc1cn(C(=O)OC(C)(C)C)c2cccc(F)c12. The van der Waals surface area contributed by atoms with Gasteiger partial charge in [0.25, 0.3) is 0 Å². The van der Waals surface area contributed by atoms with Gasteiger partial charge in [0.15, 0.2) is 0 Å². The minimum absolute atomic E-state index is 0.309. The van der Waals surface area contributed by atoms with Crippen molar-refractivity contribution in [3.8, 4) is 0 Å². The molecule has 19 heavy (non-hydrogen) atoms. The van der Waals surface area contributed by atoms with Crippen LogP contribution in [0.3, 0.4) is 0 Å². The molecule has 1 aromatic carbocycles. The van der Waals surface area contributed by atoms with Crippen LogP contribution in [-0.2, 0) is 11.2 Å². The molecule has 0 radical (unpaired) electrons. The Morgan fingerprint density at radius 3 is 2.63 bits per heavy atom. The monoisotopic (exact) mass is 263 g/mol. The van der Waals surface area contributed by atoms with Gasteiger partial charge in [-0.1, -0.05) is 13.0 Å². The summed E-state index contributed by atoms with van der Waals surface area (Å²) < 4.78 is 20.6. The van der Waals surface area contributed by atoms with Crippen LogP contribution in [0.1, 0.15) is 33.3 Å². The van der Waals surface area contributed by atoms with E-state index in [-0.39, 0.29) is 5.82 Å². The van der Waals surface area contributed by atoms with Gasteiger partial charge in [0.2, 0.25) is 0 Å². The summed E-state index contributed by atoms with van der Waals surface area (Å²) in [4.78, 5) is 12.1. The van der Waals surface area contributed by atoms with Crippen LogP contribution >= 0.6 is 0 Å². The summed E-state index contributed by atoms with van der Waals surface area (Å²) in [5, 5.41) is 0.496. The molecule has 102 valence electrons. The van der Waals surface area contributed by atoms with Crippen LogP contribution < -0.4 is 0 Å². The van der Waals surface area contributed by atoms with E-state index in [9.17, 15) is 9.18 Å². The largest absolute Gasteiger partial charge is 0.443 e.